The molecule has 0 spiro atoms. The number of fused-ring (bicyclic) bond motifs is 1. The van der Waals surface area contributed by atoms with Crippen molar-refractivity contribution in [3.8, 4) is 22.8 Å². The van der Waals surface area contributed by atoms with Crippen LogP contribution in [-0.2, 0) is 0 Å². The Balaban J connectivity index is 1.93. The molecule has 1 aromatic carbocycles. The monoisotopic (exact) mass is 367 g/mol. The van der Waals surface area contributed by atoms with Gasteiger partial charge < -0.3 is 14.7 Å². The molecule has 2 amide bonds. The number of aromatic hydroxyl groups is 1. The van der Waals surface area contributed by atoms with E-state index in [-0.39, 0.29) is 11.8 Å². The Bertz CT molecular complexity index is 973. The van der Waals surface area contributed by atoms with Crippen molar-refractivity contribution in [2.24, 2.45) is 0 Å². The lowest BCUT2D eigenvalue weighted by atomic mass is 10.1. The number of ether oxygens (including phenoxy) is 1. The first kappa shape index (κ1) is 18.4. The fourth-order valence-electron chi connectivity index (χ4n) is 2.66. The molecule has 3 rings (SSSR count). The van der Waals surface area contributed by atoms with Crippen LogP contribution in [0.1, 0.15) is 13.8 Å². The number of phenols is 1. The van der Waals surface area contributed by atoms with Gasteiger partial charge in [-0.3, -0.25) is 5.32 Å². The van der Waals surface area contributed by atoms with Gasteiger partial charge in [0, 0.05) is 18.7 Å². The second kappa shape index (κ2) is 7.86. The zero-order valence-corrected chi connectivity index (χ0v) is 15.4. The first-order valence-electron chi connectivity index (χ1n) is 8.62. The highest BCUT2D eigenvalue weighted by atomic mass is 16.5. The van der Waals surface area contributed by atoms with Gasteiger partial charge in [-0.05, 0) is 44.2 Å². The third-order valence-electron chi connectivity index (χ3n) is 4.17. The SMILES string of the molecule is CCN(CC)C(=O)Nc1cnc2ccc(-c3ccc(O)c(OC)c3)nc2n1. The standard InChI is InChI=1S/C19H21N5O3/c1-4-24(5-2)19(26)23-17-11-20-14-8-7-13(21-18(14)22-17)12-6-9-15(25)16(10-12)27-3/h6-11,25H,4-5H2,1-3H3,(H,21,22,23,26). The number of methoxy groups -OCH3 is 1. The summed E-state index contributed by atoms with van der Waals surface area (Å²) in [5.41, 5.74) is 2.45. The van der Waals surface area contributed by atoms with E-state index in [1.54, 1.807) is 29.2 Å². The van der Waals surface area contributed by atoms with Crippen molar-refractivity contribution in [2.75, 3.05) is 25.5 Å². The summed E-state index contributed by atoms with van der Waals surface area (Å²) in [6, 6.07) is 8.38. The van der Waals surface area contributed by atoms with Gasteiger partial charge in [-0.25, -0.2) is 19.7 Å². The molecule has 2 N–H and O–H groups in total. The fraction of sp³-hybridized carbons (Fsp3) is 0.263. The lowest BCUT2D eigenvalue weighted by Crippen LogP contribution is -2.34. The topological polar surface area (TPSA) is 100 Å². The number of carbonyl (C=O) groups is 1. The van der Waals surface area contributed by atoms with Crippen LogP contribution < -0.4 is 10.1 Å². The average Bonchev–Trinajstić information content (AvgIpc) is 2.68. The van der Waals surface area contributed by atoms with Gasteiger partial charge in [0.25, 0.3) is 0 Å². The summed E-state index contributed by atoms with van der Waals surface area (Å²) in [5, 5.41) is 12.5. The summed E-state index contributed by atoms with van der Waals surface area (Å²) in [6.07, 6.45) is 1.51. The second-order valence-electron chi connectivity index (χ2n) is 5.78. The first-order valence-corrected chi connectivity index (χ1v) is 8.62. The Labute approximate surface area is 156 Å². The minimum Gasteiger partial charge on any atom is -0.504 e. The quantitative estimate of drug-likeness (QED) is 0.718. The maximum absolute atomic E-state index is 12.2. The molecular formula is C19H21N5O3. The van der Waals surface area contributed by atoms with Crippen molar-refractivity contribution >= 4 is 23.0 Å². The zero-order valence-electron chi connectivity index (χ0n) is 15.4. The molecule has 0 aliphatic carbocycles. The Morgan fingerprint density at radius 2 is 1.96 bits per heavy atom. The molecule has 0 bridgehead atoms. The highest BCUT2D eigenvalue weighted by Crippen LogP contribution is 2.31. The van der Waals surface area contributed by atoms with Crippen LogP contribution in [0.5, 0.6) is 11.5 Å². The van der Waals surface area contributed by atoms with Gasteiger partial charge in [-0.15, -0.1) is 0 Å². The molecule has 0 atom stereocenters. The highest BCUT2D eigenvalue weighted by molar-refractivity contribution is 5.89. The maximum atomic E-state index is 12.2. The normalized spacial score (nSPS) is 10.6. The highest BCUT2D eigenvalue weighted by Gasteiger charge is 2.12. The molecule has 3 aromatic rings. The van der Waals surface area contributed by atoms with E-state index in [2.05, 4.69) is 20.3 Å². The molecule has 0 radical (unpaired) electrons. The van der Waals surface area contributed by atoms with Crippen LogP contribution in [0.4, 0.5) is 10.6 Å². The molecule has 0 aliphatic rings. The molecule has 140 valence electrons. The van der Waals surface area contributed by atoms with Crippen molar-refractivity contribution in [3.63, 3.8) is 0 Å². The minimum absolute atomic E-state index is 0.0585. The summed E-state index contributed by atoms with van der Waals surface area (Å²) in [5.74, 6) is 0.760. The number of nitrogens with zero attached hydrogens (tertiary/aromatic N) is 4. The van der Waals surface area contributed by atoms with Crippen molar-refractivity contribution < 1.29 is 14.6 Å². The van der Waals surface area contributed by atoms with Gasteiger partial charge >= 0.3 is 6.03 Å². The van der Waals surface area contributed by atoms with Crippen LogP contribution in [0.25, 0.3) is 22.4 Å². The Morgan fingerprint density at radius 1 is 1.19 bits per heavy atom. The number of hydrogen-bond donors (Lipinski definition) is 2. The average molecular weight is 367 g/mol. The molecule has 8 heteroatoms. The summed E-state index contributed by atoms with van der Waals surface area (Å²) < 4.78 is 5.14. The number of pyridine rings is 1. The van der Waals surface area contributed by atoms with Crippen molar-refractivity contribution in [1.29, 1.82) is 0 Å². The predicted octanol–water partition coefficient (Wildman–Crippen LogP) is 3.28. The van der Waals surface area contributed by atoms with Crippen molar-refractivity contribution in [3.05, 3.63) is 36.5 Å². The molecule has 0 unspecified atom stereocenters. The van der Waals surface area contributed by atoms with E-state index in [0.29, 0.717) is 41.5 Å². The van der Waals surface area contributed by atoms with E-state index in [1.807, 2.05) is 19.9 Å². The van der Waals surface area contributed by atoms with E-state index in [0.717, 1.165) is 5.56 Å². The largest absolute Gasteiger partial charge is 0.504 e. The van der Waals surface area contributed by atoms with Gasteiger partial charge in [-0.1, -0.05) is 0 Å². The number of anilines is 1. The van der Waals surface area contributed by atoms with Crippen LogP contribution in [0.15, 0.2) is 36.5 Å². The van der Waals surface area contributed by atoms with Gasteiger partial charge in [-0.2, -0.15) is 0 Å². The lowest BCUT2D eigenvalue weighted by Gasteiger charge is -2.18. The van der Waals surface area contributed by atoms with Crippen molar-refractivity contribution in [2.45, 2.75) is 13.8 Å². The maximum Gasteiger partial charge on any atom is 0.323 e. The van der Waals surface area contributed by atoms with E-state index in [4.69, 9.17) is 4.74 Å². The zero-order chi connectivity index (χ0) is 19.4. The van der Waals surface area contributed by atoms with E-state index >= 15 is 0 Å². The molecule has 8 nitrogen and oxygen atoms in total. The molecule has 27 heavy (non-hydrogen) atoms. The van der Waals surface area contributed by atoms with E-state index < -0.39 is 0 Å². The van der Waals surface area contributed by atoms with E-state index in [1.165, 1.54) is 13.3 Å². The fourth-order valence-corrected chi connectivity index (χ4v) is 2.66. The molecule has 0 aliphatic heterocycles. The summed E-state index contributed by atoms with van der Waals surface area (Å²) >= 11 is 0. The van der Waals surface area contributed by atoms with Gasteiger partial charge in [0.15, 0.2) is 23.0 Å². The number of carbonyl (C=O) groups excluding carboxylic acids is 1. The number of amides is 2. The molecular weight excluding hydrogens is 346 g/mol. The number of nitrogens with one attached hydrogen (secondary N) is 1. The first-order chi connectivity index (χ1) is 13.0. The third-order valence-corrected chi connectivity index (χ3v) is 4.17. The molecule has 0 saturated carbocycles. The number of phenolic OH excluding ortho intramolecular Hbond substituents is 1. The van der Waals surface area contributed by atoms with Crippen LogP contribution in [0.2, 0.25) is 0 Å². The predicted molar refractivity (Wildman–Crippen MR) is 103 cm³/mol. The lowest BCUT2D eigenvalue weighted by molar-refractivity contribution is 0.217. The van der Waals surface area contributed by atoms with Crippen LogP contribution >= 0.6 is 0 Å². The Hall–Kier alpha value is -3.42. The van der Waals surface area contributed by atoms with Crippen molar-refractivity contribution in [1.82, 2.24) is 19.9 Å². The Kier molecular flexibility index (Phi) is 5.35. The number of rotatable bonds is 5. The van der Waals surface area contributed by atoms with Gasteiger partial charge in [0.05, 0.1) is 19.0 Å². The number of benzene rings is 1. The van der Waals surface area contributed by atoms with E-state index in [9.17, 15) is 9.90 Å². The summed E-state index contributed by atoms with van der Waals surface area (Å²) in [6.45, 7) is 5.03. The number of urea groups is 1. The summed E-state index contributed by atoms with van der Waals surface area (Å²) in [4.78, 5) is 27.1. The molecule has 0 fully saturated rings. The number of hydrogen-bond acceptors (Lipinski definition) is 6. The van der Waals surface area contributed by atoms with Crippen LogP contribution in [0.3, 0.4) is 0 Å². The Morgan fingerprint density at radius 3 is 2.67 bits per heavy atom. The summed E-state index contributed by atoms with van der Waals surface area (Å²) in [7, 11) is 1.49. The minimum atomic E-state index is -0.229. The number of aromatic nitrogens is 3. The molecule has 2 aromatic heterocycles. The third kappa shape index (κ3) is 3.89. The van der Waals surface area contributed by atoms with Gasteiger partial charge in [0.1, 0.15) is 5.52 Å². The molecule has 0 saturated heterocycles. The van der Waals surface area contributed by atoms with Crippen LogP contribution in [-0.4, -0.2) is 51.2 Å². The van der Waals surface area contributed by atoms with Gasteiger partial charge in [0.2, 0.25) is 0 Å². The smallest absolute Gasteiger partial charge is 0.323 e. The van der Waals surface area contributed by atoms with Crippen LogP contribution in [0, 0.1) is 0 Å². The second-order valence-corrected chi connectivity index (χ2v) is 5.78. The molecule has 2 heterocycles.